The zero-order chi connectivity index (χ0) is 12.3. The lowest BCUT2D eigenvalue weighted by atomic mass is 10.1. The largest absolute Gasteiger partial charge is 0.491 e. The molecule has 1 amide bonds. The van der Waals surface area contributed by atoms with Crippen molar-refractivity contribution in [1.29, 1.82) is 0 Å². The molecule has 0 aliphatic carbocycles. The van der Waals surface area contributed by atoms with E-state index in [1.54, 1.807) is 17.0 Å². The third kappa shape index (κ3) is 2.88. The highest BCUT2D eigenvalue weighted by atomic mass is 16.5. The van der Waals surface area contributed by atoms with Crippen molar-refractivity contribution >= 4 is 11.6 Å². The van der Waals surface area contributed by atoms with Crippen LogP contribution in [0.1, 0.15) is 6.42 Å². The first kappa shape index (κ1) is 11.7. The van der Waals surface area contributed by atoms with Gasteiger partial charge in [0, 0.05) is 13.1 Å². The number of hydrogen-bond acceptors (Lipinski definition) is 4. The Labute approximate surface area is 99.8 Å². The van der Waals surface area contributed by atoms with Gasteiger partial charge in [0.25, 0.3) is 0 Å². The highest BCUT2D eigenvalue weighted by Gasteiger charge is 2.28. The topological polar surface area (TPSA) is 75.8 Å². The van der Waals surface area contributed by atoms with Gasteiger partial charge in [0.1, 0.15) is 5.75 Å². The molecule has 0 aromatic heterocycles. The number of nitrogens with zero attached hydrogens (tertiary/aromatic N) is 1. The number of benzene rings is 1. The standard InChI is InChI=1S/C12H16N2O3/c13-10-3-1-2-4-11(10)17-6-5-12(16)14-7-9(15)8-14/h1-4,9,15H,5-8,13H2. The summed E-state index contributed by atoms with van der Waals surface area (Å²) in [5.74, 6) is 0.605. The molecular formula is C12H16N2O3. The van der Waals surface area contributed by atoms with Crippen LogP contribution in [-0.4, -0.2) is 41.7 Å². The van der Waals surface area contributed by atoms with Gasteiger partial charge in [0.2, 0.25) is 5.91 Å². The average molecular weight is 236 g/mol. The SMILES string of the molecule is Nc1ccccc1OCCC(=O)N1CC(O)C1. The molecule has 0 radical (unpaired) electrons. The number of carbonyl (C=O) groups is 1. The smallest absolute Gasteiger partial charge is 0.226 e. The minimum absolute atomic E-state index is 0.00445. The number of likely N-dealkylation sites (tertiary alicyclic amines) is 1. The van der Waals surface area contributed by atoms with E-state index >= 15 is 0 Å². The fourth-order valence-corrected chi connectivity index (χ4v) is 1.68. The number of carbonyl (C=O) groups excluding carboxylic acids is 1. The molecule has 0 unspecified atom stereocenters. The van der Waals surface area contributed by atoms with E-state index in [1.165, 1.54) is 0 Å². The number of ether oxygens (including phenoxy) is 1. The lowest BCUT2D eigenvalue weighted by molar-refractivity contribution is -0.141. The van der Waals surface area contributed by atoms with Gasteiger partial charge in [0.05, 0.1) is 24.8 Å². The molecule has 1 aromatic carbocycles. The molecule has 3 N–H and O–H groups in total. The summed E-state index contributed by atoms with van der Waals surface area (Å²) in [7, 11) is 0. The molecule has 1 aliphatic rings. The van der Waals surface area contributed by atoms with Crippen LogP contribution in [0.4, 0.5) is 5.69 Å². The first-order chi connectivity index (χ1) is 8.16. The van der Waals surface area contributed by atoms with Crippen LogP contribution in [0.2, 0.25) is 0 Å². The van der Waals surface area contributed by atoms with Crippen molar-refractivity contribution in [3.8, 4) is 5.75 Å². The summed E-state index contributed by atoms with van der Waals surface area (Å²) in [5.41, 5.74) is 6.27. The summed E-state index contributed by atoms with van der Waals surface area (Å²) in [5, 5.41) is 9.07. The zero-order valence-corrected chi connectivity index (χ0v) is 9.50. The maximum atomic E-state index is 11.5. The van der Waals surface area contributed by atoms with E-state index < -0.39 is 0 Å². The number of hydrogen-bond donors (Lipinski definition) is 2. The Morgan fingerprint density at radius 1 is 1.47 bits per heavy atom. The molecule has 0 atom stereocenters. The summed E-state index contributed by atoms with van der Waals surface area (Å²) in [6, 6.07) is 7.18. The first-order valence-corrected chi connectivity index (χ1v) is 5.60. The maximum Gasteiger partial charge on any atom is 0.226 e. The van der Waals surface area contributed by atoms with Crippen LogP contribution in [-0.2, 0) is 4.79 Å². The van der Waals surface area contributed by atoms with Crippen molar-refractivity contribution in [1.82, 2.24) is 4.90 Å². The van der Waals surface area contributed by atoms with Crippen molar-refractivity contribution in [2.75, 3.05) is 25.4 Å². The van der Waals surface area contributed by atoms with Gasteiger partial charge in [0.15, 0.2) is 0 Å². The molecule has 5 heteroatoms. The van der Waals surface area contributed by atoms with Crippen molar-refractivity contribution in [3.05, 3.63) is 24.3 Å². The number of rotatable bonds is 4. The van der Waals surface area contributed by atoms with Crippen molar-refractivity contribution in [2.45, 2.75) is 12.5 Å². The molecule has 2 rings (SSSR count). The van der Waals surface area contributed by atoms with Gasteiger partial charge in [-0.05, 0) is 12.1 Å². The molecule has 0 bridgehead atoms. The fourth-order valence-electron chi connectivity index (χ4n) is 1.68. The summed E-state index contributed by atoms with van der Waals surface area (Å²) in [4.78, 5) is 13.2. The summed E-state index contributed by atoms with van der Waals surface area (Å²) in [6.07, 6.45) is -0.0502. The number of anilines is 1. The van der Waals surface area contributed by atoms with E-state index in [0.29, 0.717) is 37.6 Å². The third-order valence-corrected chi connectivity index (χ3v) is 2.71. The van der Waals surface area contributed by atoms with Gasteiger partial charge < -0.3 is 20.5 Å². The molecule has 17 heavy (non-hydrogen) atoms. The fraction of sp³-hybridized carbons (Fsp3) is 0.417. The van der Waals surface area contributed by atoms with Gasteiger partial charge >= 0.3 is 0 Å². The Bertz CT molecular complexity index is 402. The number of para-hydroxylation sites is 2. The monoisotopic (exact) mass is 236 g/mol. The normalized spacial score (nSPS) is 15.5. The van der Waals surface area contributed by atoms with Crippen molar-refractivity contribution in [3.63, 3.8) is 0 Å². The van der Waals surface area contributed by atoms with Gasteiger partial charge in [-0.25, -0.2) is 0 Å². The first-order valence-electron chi connectivity index (χ1n) is 5.60. The molecule has 5 nitrogen and oxygen atoms in total. The molecule has 1 saturated heterocycles. The Morgan fingerprint density at radius 3 is 2.82 bits per heavy atom. The van der Waals surface area contributed by atoms with E-state index in [2.05, 4.69) is 0 Å². The second-order valence-electron chi connectivity index (χ2n) is 4.09. The number of aliphatic hydroxyl groups is 1. The van der Waals surface area contributed by atoms with Gasteiger partial charge in [-0.3, -0.25) is 4.79 Å². The Morgan fingerprint density at radius 2 is 2.18 bits per heavy atom. The van der Waals surface area contributed by atoms with Gasteiger partial charge in [-0.2, -0.15) is 0 Å². The van der Waals surface area contributed by atoms with E-state index in [1.807, 2.05) is 12.1 Å². The summed E-state index contributed by atoms with van der Waals surface area (Å²) < 4.78 is 5.42. The van der Waals surface area contributed by atoms with Crippen molar-refractivity contribution < 1.29 is 14.6 Å². The molecule has 92 valence electrons. The van der Waals surface area contributed by atoms with Crippen LogP contribution in [0.15, 0.2) is 24.3 Å². The Hall–Kier alpha value is -1.75. The predicted octanol–water partition coefficient (Wildman–Crippen LogP) is 0.241. The predicted molar refractivity (Wildman–Crippen MR) is 63.6 cm³/mol. The van der Waals surface area contributed by atoms with E-state index in [-0.39, 0.29) is 12.0 Å². The Balaban J connectivity index is 1.73. The second kappa shape index (κ2) is 5.05. The molecule has 1 aromatic rings. The minimum Gasteiger partial charge on any atom is -0.491 e. The zero-order valence-electron chi connectivity index (χ0n) is 9.50. The third-order valence-electron chi connectivity index (χ3n) is 2.71. The van der Waals surface area contributed by atoms with Gasteiger partial charge in [-0.15, -0.1) is 0 Å². The second-order valence-corrected chi connectivity index (χ2v) is 4.09. The molecule has 1 fully saturated rings. The average Bonchev–Trinajstić information content (AvgIpc) is 2.27. The van der Waals surface area contributed by atoms with Crippen LogP contribution in [0, 0.1) is 0 Å². The van der Waals surface area contributed by atoms with Crippen LogP contribution >= 0.6 is 0 Å². The lowest BCUT2D eigenvalue weighted by Crippen LogP contribution is -2.53. The molecule has 1 aliphatic heterocycles. The molecular weight excluding hydrogens is 220 g/mol. The maximum absolute atomic E-state index is 11.5. The molecule has 1 heterocycles. The van der Waals surface area contributed by atoms with E-state index in [9.17, 15) is 4.79 Å². The Kier molecular flexibility index (Phi) is 3.49. The van der Waals surface area contributed by atoms with E-state index in [0.717, 1.165) is 0 Å². The molecule has 0 saturated carbocycles. The highest BCUT2D eigenvalue weighted by Crippen LogP contribution is 2.20. The van der Waals surface area contributed by atoms with Crippen LogP contribution in [0.3, 0.4) is 0 Å². The van der Waals surface area contributed by atoms with Crippen LogP contribution in [0.5, 0.6) is 5.75 Å². The number of β-amino-alcohol motifs (C(OH)–C–C–N with tert-alkyl or cyclic N) is 1. The van der Waals surface area contributed by atoms with Crippen LogP contribution < -0.4 is 10.5 Å². The summed E-state index contributed by atoms with van der Waals surface area (Å²) >= 11 is 0. The number of amides is 1. The number of aliphatic hydroxyl groups excluding tert-OH is 1. The van der Waals surface area contributed by atoms with Crippen LogP contribution in [0.25, 0.3) is 0 Å². The number of nitrogen functional groups attached to an aromatic ring is 1. The molecule has 0 spiro atoms. The minimum atomic E-state index is -0.357. The van der Waals surface area contributed by atoms with Crippen molar-refractivity contribution in [2.24, 2.45) is 0 Å². The van der Waals surface area contributed by atoms with E-state index in [4.69, 9.17) is 15.6 Å². The lowest BCUT2D eigenvalue weighted by Gasteiger charge is -2.35. The summed E-state index contributed by atoms with van der Waals surface area (Å²) in [6.45, 7) is 1.18. The van der Waals surface area contributed by atoms with Gasteiger partial charge in [-0.1, -0.05) is 12.1 Å². The number of nitrogens with two attached hydrogens (primary N) is 1. The highest BCUT2D eigenvalue weighted by molar-refractivity contribution is 5.77. The quantitative estimate of drug-likeness (QED) is 0.734.